The van der Waals surface area contributed by atoms with Crippen LogP contribution in [0.1, 0.15) is 30.1 Å². The van der Waals surface area contributed by atoms with Crippen molar-refractivity contribution in [3.05, 3.63) is 33.3 Å². The molecule has 0 radical (unpaired) electrons. The summed E-state index contributed by atoms with van der Waals surface area (Å²) in [7, 11) is 0. The first-order valence-corrected chi connectivity index (χ1v) is 7.98. The number of piperidine rings is 1. The maximum Gasteiger partial charge on any atom is 0.255 e. The van der Waals surface area contributed by atoms with Gasteiger partial charge in [-0.15, -0.1) is 11.6 Å². The molecule has 0 saturated carbocycles. The molecule has 1 unspecified atom stereocenters. The van der Waals surface area contributed by atoms with Crippen LogP contribution in [0.15, 0.2) is 22.7 Å². The van der Waals surface area contributed by atoms with Gasteiger partial charge in [0.25, 0.3) is 5.91 Å². The van der Waals surface area contributed by atoms with E-state index in [9.17, 15) is 4.79 Å². The summed E-state index contributed by atoms with van der Waals surface area (Å²) in [6.45, 7) is 3.54. The Balaban J connectivity index is 2.05. The maximum atomic E-state index is 12.4. The van der Waals surface area contributed by atoms with Crippen LogP contribution >= 0.6 is 39.1 Å². The lowest BCUT2D eigenvalue weighted by Gasteiger charge is -2.33. The normalized spacial score (nSPS) is 18.4. The molecule has 1 heterocycles. The number of hydrogen-bond donors (Lipinski definition) is 0. The molecule has 1 saturated heterocycles. The molecule has 2 rings (SSSR count). The molecule has 0 spiro atoms. The summed E-state index contributed by atoms with van der Waals surface area (Å²) in [5.74, 6) is 0.518. The summed E-state index contributed by atoms with van der Waals surface area (Å²) in [6.07, 6.45) is 1.93. The van der Waals surface area contributed by atoms with Crippen LogP contribution in [-0.2, 0) is 0 Å². The number of halogens is 3. The van der Waals surface area contributed by atoms with Gasteiger partial charge in [-0.1, -0.05) is 27.5 Å². The molecule has 1 aliphatic heterocycles. The second-order valence-electron chi connectivity index (χ2n) is 4.93. The number of carbonyl (C=O) groups is 1. The molecule has 0 N–H and O–H groups in total. The van der Waals surface area contributed by atoms with Crippen LogP contribution in [0.5, 0.6) is 0 Å². The van der Waals surface area contributed by atoms with Crippen LogP contribution in [0, 0.1) is 5.92 Å². The van der Waals surface area contributed by atoms with Crippen LogP contribution in [0.3, 0.4) is 0 Å². The number of carbonyl (C=O) groups excluding carboxylic acids is 1. The number of hydrogen-bond acceptors (Lipinski definition) is 1. The summed E-state index contributed by atoms with van der Waals surface area (Å²) >= 11 is 15.6. The van der Waals surface area contributed by atoms with Gasteiger partial charge < -0.3 is 4.90 Å². The van der Waals surface area contributed by atoms with Gasteiger partial charge in [0.15, 0.2) is 0 Å². The van der Waals surface area contributed by atoms with Crippen molar-refractivity contribution in [3.8, 4) is 0 Å². The summed E-state index contributed by atoms with van der Waals surface area (Å²) in [6, 6.07) is 5.36. The molecule has 19 heavy (non-hydrogen) atoms. The lowest BCUT2D eigenvalue weighted by atomic mass is 9.93. The summed E-state index contributed by atoms with van der Waals surface area (Å²) in [5.41, 5.74) is 0.572. The number of alkyl halides is 1. The molecule has 2 nitrogen and oxygen atoms in total. The third-order valence-corrected chi connectivity index (χ3v) is 4.80. The van der Waals surface area contributed by atoms with Crippen LogP contribution in [-0.4, -0.2) is 29.3 Å². The first-order valence-electron chi connectivity index (χ1n) is 6.37. The highest BCUT2D eigenvalue weighted by Crippen LogP contribution is 2.27. The minimum absolute atomic E-state index is 0.0122. The van der Waals surface area contributed by atoms with E-state index in [1.54, 1.807) is 12.1 Å². The Kier molecular flexibility index (Phi) is 5.15. The molecule has 1 aromatic rings. The van der Waals surface area contributed by atoms with E-state index in [-0.39, 0.29) is 11.3 Å². The number of benzene rings is 1. The second kappa shape index (κ2) is 6.47. The van der Waals surface area contributed by atoms with Crippen LogP contribution in [0.2, 0.25) is 5.02 Å². The smallest absolute Gasteiger partial charge is 0.255 e. The van der Waals surface area contributed by atoms with Crippen molar-refractivity contribution < 1.29 is 4.79 Å². The molecular formula is C14H16BrCl2NO. The first kappa shape index (κ1) is 15.1. The fourth-order valence-corrected chi connectivity index (χ4v) is 3.40. The highest BCUT2D eigenvalue weighted by molar-refractivity contribution is 9.10. The van der Waals surface area contributed by atoms with Gasteiger partial charge in [-0.05, 0) is 43.9 Å². The zero-order valence-corrected chi connectivity index (χ0v) is 13.8. The van der Waals surface area contributed by atoms with Crippen LogP contribution in [0.25, 0.3) is 0 Å². The Labute approximate surface area is 132 Å². The third-order valence-electron chi connectivity index (χ3n) is 3.64. The Morgan fingerprint density at radius 1 is 1.42 bits per heavy atom. The molecule has 104 valence electrons. The van der Waals surface area contributed by atoms with Crippen molar-refractivity contribution in [2.45, 2.75) is 25.1 Å². The Bertz CT molecular complexity index is 471. The lowest BCUT2D eigenvalue weighted by molar-refractivity contribution is 0.0690. The largest absolute Gasteiger partial charge is 0.339 e. The minimum atomic E-state index is 0.0122. The molecule has 1 aromatic carbocycles. The van der Waals surface area contributed by atoms with Crippen molar-refractivity contribution in [3.63, 3.8) is 0 Å². The molecule has 1 fully saturated rings. The molecule has 0 aliphatic carbocycles. The lowest BCUT2D eigenvalue weighted by Crippen LogP contribution is -2.40. The standard InChI is InChI=1S/C14H16BrCl2NO/c1-9(16)10-4-6-18(7-5-10)14(19)12-3-2-11(15)8-13(12)17/h2-3,8-10H,4-7H2,1H3. The minimum Gasteiger partial charge on any atom is -0.339 e. The molecule has 0 bridgehead atoms. The third kappa shape index (κ3) is 3.65. The Hall–Kier alpha value is -0.250. The highest BCUT2D eigenvalue weighted by Gasteiger charge is 2.26. The molecular weight excluding hydrogens is 349 g/mol. The summed E-state index contributed by atoms with van der Waals surface area (Å²) in [4.78, 5) is 14.3. The van der Waals surface area contributed by atoms with E-state index in [4.69, 9.17) is 23.2 Å². The van der Waals surface area contributed by atoms with E-state index < -0.39 is 0 Å². The van der Waals surface area contributed by atoms with E-state index in [0.29, 0.717) is 16.5 Å². The SMILES string of the molecule is CC(Cl)C1CCN(C(=O)c2ccc(Br)cc2Cl)CC1. The monoisotopic (exact) mass is 363 g/mol. The Morgan fingerprint density at radius 3 is 2.58 bits per heavy atom. The number of rotatable bonds is 2. The Morgan fingerprint density at radius 2 is 2.05 bits per heavy atom. The predicted molar refractivity (Wildman–Crippen MR) is 83.1 cm³/mol. The van der Waals surface area contributed by atoms with Crippen LogP contribution in [0.4, 0.5) is 0 Å². The molecule has 1 aliphatic rings. The number of nitrogens with zero attached hydrogens (tertiary/aromatic N) is 1. The van der Waals surface area contributed by atoms with Gasteiger partial charge in [-0.25, -0.2) is 0 Å². The van der Waals surface area contributed by atoms with Crippen molar-refractivity contribution in [1.29, 1.82) is 0 Å². The molecule has 1 atom stereocenters. The highest BCUT2D eigenvalue weighted by atomic mass is 79.9. The average molecular weight is 365 g/mol. The van der Waals surface area contributed by atoms with E-state index in [2.05, 4.69) is 15.9 Å². The predicted octanol–water partition coefficient (Wildman–Crippen LogP) is 4.58. The van der Waals surface area contributed by atoms with Crippen molar-refractivity contribution in [2.24, 2.45) is 5.92 Å². The van der Waals surface area contributed by atoms with Gasteiger partial charge in [-0.2, -0.15) is 0 Å². The van der Waals surface area contributed by atoms with Gasteiger partial charge in [0.05, 0.1) is 10.6 Å². The van der Waals surface area contributed by atoms with Crippen molar-refractivity contribution in [2.75, 3.05) is 13.1 Å². The van der Waals surface area contributed by atoms with Gasteiger partial charge >= 0.3 is 0 Å². The van der Waals surface area contributed by atoms with E-state index in [1.165, 1.54) is 0 Å². The zero-order valence-electron chi connectivity index (χ0n) is 10.7. The molecule has 1 amide bonds. The quantitative estimate of drug-likeness (QED) is 0.703. The number of amides is 1. The van der Waals surface area contributed by atoms with Gasteiger partial charge in [0.2, 0.25) is 0 Å². The van der Waals surface area contributed by atoms with E-state index in [1.807, 2.05) is 17.9 Å². The van der Waals surface area contributed by atoms with Crippen LogP contribution < -0.4 is 0 Å². The maximum absolute atomic E-state index is 12.4. The average Bonchev–Trinajstić information content (AvgIpc) is 2.38. The zero-order chi connectivity index (χ0) is 14.0. The van der Waals surface area contributed by atoms with Gasteiger partial charge in [0.1, 0.15) is 0 Å². The summed E-state index contributed by atoms with van der Waals surface area (Å²) < 4.78 is 0.878. The van der Waals surface area contributed by atoms with E-state index in [0.717, 1.165) is 30.4 Å². The topological polar surface area (TPSA) is 20.3 Å². The fourth-order valence-electron chi connectivity index (χ4n) is 2.40. The first-order chi connectivity index (χ1) is 8.99. The fraction of sp³-hybridized carbons (Fsp3) is 0.500. The van der Waals surface area contributed by atoms with Gasteiger partial charge in [0, 0.05) is 22.9 Å². The van der Waals surface area contributed by atoms with Crippen molar-refractivity contribution in [1.82, 2.24) is 4.90 Å². The molecule has 5 heteroatoms. The second-order valence-corrected chi connectivity index (χ2v) is 6.94. The molecule has 0 aromatic heterocycles. The van der Waals surface area contributed by atoms with E-state index >= 15 is 0 Å². The van der Waals surface area contributed by atoms with Gasteiger partial charge in [-0.3, -0.25) is 4.79 Å². The number of likely N-dealkylation sites (tertiary alicyclic amines) is 1. The summed E-state index contributed by atoms with van der Waals surface area (Å²) in [5, 5.41) is 0.667. The van der Waals surface area contributed by atoms with Crippen molar-refractivity contribution >= 4 is 45.0 Å².